The molecule has 3 nitrogen and oxygen atoms in total. The minimum Gasteiger partial charge on any atom is -0.496 e. The van der Waals surface area contributed by atoms with E-state index in [1.807, 2.05) is 24.4 Å². The summed E-state index contributed by atoms with van der Waals surface area (Å²) in [6.45, 7) is 1.01. The average molecular weight is 263 g/mol. The van der Waals surface area contributed by atoms with E-state index in [1.165, 1.54) is 18.5 Å². The van der Waals surface area contributed by atoms with Crippen molar-refractivity contribution in [1.82, 2.24) is 9.78 Å². The van der Waals surface area contributed by atoms with Crippen LogP contribution in [0.25, 0.3) is 11.1 Å². The molecule has 1 aromatic carbocycles. The van der Waals surface area contributed by atoms with Crippen molar-refractivity contribution in [2.45, 2.75) is 25.8 Å². The Kier molecular flexibility index (Phi) is 3.00. The minimum atomic E-state index is 0.724. The van der Waals surface area contributed by atoms with E-state index in [1.54, 1.807) is 7.11 Å². The van der Waals surface area contributed by atoms with E-state index in [0.717, 1.165) is 34.9 Å². The van der Waals surface area contributed by atoms with Crippen LogP contribution in [0.5, 0.6) is 5.75 Å². The van der Waals surface area contributed by atoms with E-state index in [0.29, 0.717) is 0 Å². The second kappa shape index (κ2) is 4.65. The fourth-order valence-corrected chi connectivity index (χ4v) is 2.71. The Morgan fingerprint density at radius 1 is 1.28 bits per heavy atom. The number of methoxy groups -OCH3 is 1. The molecule has 0 unspecified atom stereocenters. The van der Waals surface area contributed by atoms with E-state index in [4.69, 9.17) is 16.3 Å². The van der Waals surface area contributed by atoms with Gasteiger partial charge in [-0.05, 0) is 37.5 Å². The third kappa shape index (κ3) is 1.89. The van der Waals surface area contributed by atoms with Gasteiger partial charge in [0.25, 0.3) is 0 Å². The maximum absolute atomic E-state index is 6.09. The average Bonchev–Trinajstić information content (AvgIpc) is 2.82. The van der Waals surface area contributed by atoms with Crippen LogP contribution >= 0.6 is 11.6 Å². The molecule has 0 radical (unpaired) electrons. The quantitative estimate of drug-likeness (QED) is 0.828. The second-order valence-corrected chi connectivity index (χ2v) is 4.97. The molecule has 2 heterocycles. The number of fused-ring (bicyclic) bond motifs is 1. The summed E-state index contributed by atoms with van der Waals surface area (Å²) in [5.41, 5.74) is 3.48. The van der Waals surface area contributed by atoms with Crippen LogP contribution in [0.15, 0.2) is 24.4 Å². The number of rotatable bonds is 2. The molecule has 0 saturated carbocycles. The number of benzene rings is 1. The lowest BCUT2D eigenvalue weighted by atomic mass is 10.0. The summed E-state index contributed by atoms with van der Waals surface area (Å²) in [4.78, 5) is 0. The van der Waals surface area contributed by atoms with Crippen LogP contribution in [0.4, 0.5) is 0 Å². The number of aromatic nitrogens is 2. The first-order valence-electron chi connectivity index (χ1n) is 6.18. The SMILES string of the molecule is COc1ccc(Cl)cc1-c1cnn2c1CCCC2. The van der Waals surface area contributed by atoms with Gasteiger partial charge in [-0.1, -0.05) is 11.6 Å². The van der Waals surface area contributed by atoms with Crippen molar-refractivity contribution in [2.75, 3.05) is 7.11 Å². The van der Waals surface area contributed by atoms with E-state index >= 15 is 0 Å². The summed E-state index contributed by atoms with van der Waals surface area (Å²) in [6.07, 6.45) is 5.43. The summed E-state index contributed by atoms with van der Waals surface area (Å²) >= 11 is 6.09. The Balaban J connectivity index is 2.14. The molecule has 0 bridgehead atoms. The fraction of sp³-hybridized carbons (Fsp3) is 0.357. The van der Waals surface area contributed by atoms with Crippen molar-refractivity contribution in [3.8, 4) is 16.9 Å². The lowest BCUT2D eigenvalue weighted by molar-refractivity contribution is 0.416. The Morgan fingerprint density at radius 3 is 3.00 bits per heavy atom. The third-order valence-corrected chi connectivity index (χ3v) is 3.67. The van der Waals surface area contributed by atoms with Gasteiger partial charge in [0.15, 0.2) is 0 Å². The molecule has 2 aromatic rings. The second-order valence-electron chi connectivity index (χ2n) is 4.53. The highest BCUT2D eigenvalue weighted by Gasteiger charge is 2.18. The first kappa shape index (κ1) is 11.6. The van der Waals surface area contributed by atoms with Crippen molar-refractivity contribution in [2.24, 2.45) is 0 Å². The molecule has 1 aromatic heterocycles. The van der Waals surface area contributed by atoms with Crippen LogP contribution in [0.2, 0.25) is 5.02 Å². The largest absolute Gasteiger partial charge is 0.496 e. The molecule has 0 spiro atoms. The van der Waals surface area contributed by atoms with Crippen LogP contribution < -0.4 is 4.74 Å². The van der Waals surface area contributed by atoms with Gasteiger partial charge in [0.05, 0.1) is 13.3 Å². The summed E-state index contributed by atoms with van der Waals surface area (Å²) in [7, 11) is 1.68. The van der Waals surface area contributed by atoms with E-state index in [2.05, 4.69) is 9.78 Å². The normalized spacial score (nSPS) is 14.3. The Hall–Kier alpha value is -1.48. The van der Waals surface area contributed by atoms with Gasteiger partial charge in [0.1, 0.15) is 5.75 Å². The monoisotopic (exact) mass is 262 g/mol. The number of hydrogen-bond donors (Lipinski definition) is 0. The fourth-order valence-electron chi connectivity index (χ4n) is 2.54. The number of halogens is 1. The number of ether oxygens (including phenoxy) is 1. The summed E-state index contributed by atoms with van der Waals surface area (Å²) in [5.74, 6) is 0.848. The summed E-state index contributed by atoms with van der Waals surface area (Å²) in [6, 6.07) is 5.71. The van der Waals surface area contributed by atoms with E-state index < -0.39 is 0 Å². The molecule has 0 amide bonds. The standard InChI is InChI=1S/C14H15ClN2O/c1-18-14-6-5-10(15)8-11(14)12-9-16-17-7-3-2-4-13(12)17/h5-6,8-9H,2-4,7H2,1H3. The predicted molar refractivity (Wildman–Crippen MR) is 72.2 cm³/mol. The van der Waals surface area contributed by atoms with E-state index in [9.17, 15) is 0 Å². The maximum atomic E-state index is 6.09. The van der Waals surface area contributed by atoms with E-state index in [-0.39, 0.29) is 0 Å². The first-order chi connectivity index (χ1) is 8.79. The highest BCUT2D eigenvalue weighted by molar-refractivity contribution is 6.31. The Morgan fingerprint density at radius 2 is 2.17 bits per heavy atom. The van der Waals surface area contributed by atoms with Crippen molar-refractivity contribution in [3.63, 3.8) is 0 Å². The Labute approximate surface area is 111 Å². The zero-order chi connectivity index (χ0) is 12.5. The van der Waals surface area contributed by atoms with Gasteiger partial charge in [-0.25, -0.2) is 0 Å². The molecule has 0 fully saturated rings. The van der Waals surface area contributed by atoms with Gasteiger partial charge in [-0.2, -0.15) is 5.10 Å². The van der Waals surface area contributed by atoms with Gasteiger partial charge >= 0.3 is 0 Å². The highest BCUT2D eigenvalue weighted by Crippen LogP contribution is 2.35. The lowest BCUT2D eigenvalue weighted by Gasteiger charge is -2.16. The zero-order valence-electron chi connectivity index (χ0n) is 10.3. The molecule has 0 atom stereocenters. The summed E-state index contributed by atoms with van der Waals surface area (Å²) < 4.78 is 7.52. The van der Waals surface area contributed by atoms with Gasteiger partial charge in [0.2, 0.25) is 0 Å². The van der Waals surface area contributed by atoms with Crippen molar-refractivity contribution in [3.05, 3.63) is 35.1 Å². The molecule has 3 rings (SSSR count). The zero-order valence-corrected chi connectivity index (χ0v) is 11.1. The minimum absolute atomic E-state index is 0.724. The molecule has 0 saturated heterocycles. The maximum Gasteiger partial charge on any atom is 0.126 e. The number of aryl methyl sites for hydroxylation is 1. The first-order valence-corrected chi connectivity index (χ1v) is 6.56. The van der Waals surface area contributed by atoms with Gasteiger partial charge in [-0.15, -0.1) is 0 Å². The Bertz CT molecular complexity index is 577. The molecule has 1 aliphatic heterocycles. The predicted octanol–water partition coefficient (Wildman–Crippen LogP) is 3.55. The topological polar surface area (TPSA) is 27.1 Å². The molecule has 94 valence electrons. The molecule has 0 N–H and O–H groups in total. The number of nitrogens with zero attached hydrogens (tertiary/aromatic N) is 2. The van der Waals surface area contributed by atoms with Crippen LogP contribution in [-0.4, -0.2) is 16.9 Å². The molecule has 0 aliphatic carbocycles. The molecule has 18 heavy (non-hydrogen) atoms. The van der Waals surface area contributed by atoms with Crippen molar-refractivity contribution >= 4 is 11.6 Å². The molecular weight excluding hydrogens is 248 g/mol. The van der Waals surface area contributed by atoms with Crippen molar-refractivity contribution in [1.29, 1.82) is 0 Å². The van der Waals surface area contributed by atoms with Crippen LogP contribution in [0.3, 0.4) is 0 Å². The van der Waals surface area contributed by atoms with Crippen LogP contribution in [0, 0.1) is 0 Å². The van der Waals surface area contributed by atoms with Gasteiger partial charge in [0, 0.05) is 28.4 Å². The van der Waals surface area contributed by atoms with Gasteiger partial charge < -0.3 is 4.74 Å². The summed E-state index contributed by atoms with van der Waals surface area (Å²) in [5, 5.41) is 5.18. The highest BCUT2D eigenvalue weighted by atomic mass is 35.5. The molecule has 1 aliphatic rings. The third-order valence-electron chi connectivity index (χ3n) is 3.43. The molecular formula is C14H15ClN2O. The van der Waals surface area contributed by atoms with Crippen LogP contribution in [0.1, 0.15) is 18.5 Å². The smallest absolute Gasteiger partial charge is 0.126 e. The van der Waals surface area contributed by atoms with Crippen LogP contribution in [-0.2, 0) is 13.0 Å². The lowest BCUT2D eigenvalue weighted by Crippen LogP contribution is -2.11. The molecule has 4 heteroatoms. The van der Waals surface area contributed by atoms with Crippen molar-refractivity contribution < 1.29 is 4.74 Å². The van der Waals surface area contributed by atoms with Gasteiger partial charge in [-0.3, -0.25) is 4.68 Å². The number of hydrogen-bond acceptors (Lipinski definition) is 2.